The van der Waals surface area contributed by atoms with Crippen molar-refractivity contribution in [1.82, 2.24) is 0 Å². The Morgan fingerprint density at radius 2 is 0.786 bits per heavy atom. The molecule has 0 saturated heterocycles. The van der Waals surface area contributed by atoms with Crippen LogP contribution in [0.25, 0.3) is 0 Å². The summed E-state index contributed by atoms with van der Waals surface area (Å²) in [4.78, 5) is 47.7. The van der Waals surface area contributed by atoms with Crippen molar-refractivity contribution in [3.8, 4) is 23.0 Å². The molecule has 3 aromatic carbocycles. The average molecular weight is 583 g/mol. The SMILES string of the molecule is COC(=O)c1ccc(C(=O)OC)c(OCCOc2ccc(OCCOc3cc(C(=O)OC)ccc3C(=O)OC)cc2)c1. The fourth-order valence-electron chi connectivity index (χ4n) is 3.58. The maximum atomic E-state index is 12.0. The van der Waals surface area contributed by atoms with E-state index in [4.69, 9.17) is 37.9 Å². The third kappa shape index (κ3) is 8.37. The van der Waals surface area contributed by atoms with Gasteiger partial charge in [-0.15, -0.1) is 0 Å². The molecule has 3 rings (SSSR count). The summed E-state index contributed by atoms with van der Waals surface area (Å²) in [7, 11) is 5.00. The van der Waals surface area contributed by atoms with Gasteiger partial charge in [-0.3, -0.25) is 0 Å². The zero-order valence-corrected chi connectivity index (χ0v) is 23.5. The summed E-state index contributed by atoms with van der Waals surface area (Å²) < 4.78 is 41.7. The van der Waals surface area contributed by atoms with Gasteiger partial charge < -0.3 is 37.9 Å². The summed E-state index contributed by atoms with van der Waals surface area (Å²) in [6.45, 7) is 0.443. The Morgan fingerprint density at radius 3 is 1.12 bits per heavy atom. The van der Waals surface area contributed by atoms with Crippen LogP contribution >= 0.6 is 0 Å². The number of benzene rings is 3. The van der Waals surface area contributed by atoms with Gasteiger partial charge in [0.1, 0.15) is 60.6 Å². The molecule has 0 aliphatic carbocycles. The molecule has 0 saturated carbocycles. The molecule has 0 aliphatic rings. The molecule has 0 radical (unpaired) electrons. The third-order valence-corrected chi connectivity index (χ3v) is 5.66. The summed E-state index contributed by atoms with van der Waals surface area (Å²) in [5.74, 6) is -0.948. The lowest BCUT2D eigenvalue weighted by atomic mass is 10.1. The number of methoxy groups -OCH3 is 4. The standard InChI is InChI=1S/C30H30O12/c1-35-27(31)19-5-11-23(29(33)37-3)25(17-19)41-15-13-39-21-7-9-22(10-8-21)40-14-16-42-26-18-20(28(32)36-2)6-12-24(26)30(34)38-4/h5-12,17-18H,13-16H2,1-4H3. The van der Waals surface area contributed by atoms with Gasteiger partial charge in [-0.1, -0.05) is 0 Å². The molecule has 42 heavy (non-hydrogen) atoms. The molecule has 222 valence electrons. The predicted molar refractivity (Wildman–Crippen MR) is 147 cm³/mol. The Bertz CT molecular complexity index is 1290. The molecule has 12 heteroatoms. The van der Waals surface area contributed by atoms with Crippen LogP contribution in [0.15, 0.2) is 60.7 Å². The summed E-state index contributed by atoms with van der Waals surface area (Å²) in [6, 6.07) is 15.3. The fraction of sp³-hybridized carbons (Fsp3) is 0.267. The quantitative estimate of drug-likeness (QED) is 0.155. The topological polar surface area (TPSA) is 142 Å². The van der Waals surface area contributed by atoms with Gasteiger partial charge in [0.15, 0.2) is 0 Å². The van der Waals surface area contributed by atoms with E-state index in [-0.39, 0.29) is 60.2 Å². The van der Waals surface area contributed by atoms with E-state index in [0.29, 0.717) is 11.5 Å². The number of carbonyl (C=O) groups excluding carboxylic acids is 4. The molecule has 0 fully saturated rings. The van der Waals surface area contributed by atoms with E-state index in [2.05, 4.69) is 0 Å². The fourth-order valence-corrected chi connectivity index (χ4v) is 3.58. The second-order valence-electron chi connectivity index (χ2n) is 8.25. The van der Waals surface area contributed by atoms with Crippen molar-refractivity contribution < 1.29 is 57.1 Å². The Labute approximate surface area is 241 Å². The van der Waals surface area contributed by atoms with E-state index in [1.807, 2.05) is 0 Å². The first-order valence-corrected chi connectivity index (χ1v) is 12.5. The average Bonchev–Trinajstić information content (AvgIpc) is 3.03. The minimum absolute atomic E-state index is 0.0783. The largest absolute Gasteiger partial charge is 0.490 e. The smallest absolute Gasteiger partial charge is 0.341 e. The monoisotopic (exact) mass is 582 g/mol. The summed E-state index contributed by atoms with van der Waals surface area (Å²) in [6.07, 6.45) is 0. The molecule has 0 atom stereocenters. The number of esters is 4. The number of carbonyl (C=O) groups is 4. The molecular weight excluding hydrogens is 552 g/mol. The van der Waals surface area contributed by atoms with E-state index in [0.717, 1.165) is 0 Å². The lowest BCUT2D eigenvalue weighted by molar-refractivity contribution is 0.0581. The maximum Gasteiger partial charge on any atom is 0.341 e. The van der Waals surface area contributed by atoms with E-state index >= 15 is 0 Å². The summed E-state index contributed by atoms with van der Waals surface area (Å²) >= 11 is 0. The number of hydrogen-bond donors (Lipinski definition) is 0. The van der Waals surface area contributed by atoms with Gasteiger partial charge in [-0.25, -0.2) is 19.2 Å². The van der Waals surface area contributed by atoms with Crippen molar-refractivity contribution in [2.75, 3.05) is 54.9 Å². The highest BCUT2D eigenvalue weighted by molar-refractivity contribution is 5.96. The molecular formula is C30H30O12. The number of ether oxygens (including phenoxy) is 8. The first-order chi connectivity index (χ1) is 20.3. The Morgan fingerprint density at radius 1 is 0.452 bits per heavy atom. The number of hydrogen-bond acceptors (Lipinski definition) is 12. The molecule has 0 amide bonds. The highest BCUT2D eigenvalue weighted by Crippen LogP contribution is 2.24. The first kappa shape index (κ1) is 31.3. The number of rotatable bonds is 14. The normalized spacial score (nSPS) is 10.2. The second-order valence-corrected chi connectivity index (χ2v) is 8.25. The Hall–Kier alpha value is -5.26. The minimum atomic E-state index is -0.609. The summed E-state index contributed by atoms with van der Waals surface area (Å²) in [5.41, 5.74) is 0.767. The van der Waals surface area contributed by atoms with Crippen LogP contribution in [0.5, 0.6) is 23.0 Å². The van der Waals surface area contributed by atoms with Gasteiger partial charge >= 0.3 is 23.9 Å². The van der Waals surface area contributed by atoms with Crippen molar-refractivity contribution in [3.05, 3.63) is 82.9 Å². The van der Waals surface area contributed by atoms with Crippen molar-refractivity contribution in [3.63, 3.8) is 0 Å². The van der Waals surface area contributed by atoms with Gasteiger partial charge in [-0.05, 0) is 60.7 Å². The van der Waals surface area contributed by atoms with E-state index in [1.54, 1.807) is 24.3 Å². The molecule has 0 N–H and O–H groups in total. The first-order valence-electron chi connectivity index (χ1n) is 12.5. The Balaban J connectivity index is 1.49. The third-order valence-electron chi connectivity index (χ3n) is 5.66. The molecule has 12 nitrogen and oxygen atoms in total. The molecule has 0 aliphatic heterocycles. The molecule has 0 heterocycles. The van der Waals surface area contributed by atoms with Gasteiger partial charge in [0.05, 0.1) is 39.6 Å². The van der Waals surface area contributed by atoms with Crippen molar-refractivity contribution in [1.29, 1.82) is 0 Å². The van der Waals surface area contributed by atoms with Crippen LogP contribution in [0.4, 0.5) is 0 Å². The zero-order chi connectivity index (χ0) is 30.5. The predicted octanol–water partition coefficient (Wildman–Crippen LogP) is 3.75. The molecule has 0 unspecified atom stereocenters. The maximum absolute atomic E-state index is 12.0. The minimum Gasteiger partial charge on any atom is -0.490 e. The lowest BCUT2D eigenvalue weighted by Crippen LogP contribution is -2.13. The van der Waals surface area contributed by atoms with Gasteiger partial charge in [-0.2, -0.15) is 0 Å². The molecule has 0 bridgehead atoms. The van der Waals surface area contributed by atoms with Crippen molar-refractivity contribution in [2.24, 2.45) is 0 Å². The van der Waals surface area contributed by atoms with E-state index < -0.39 is 23.9 Å². The van der Waals surface area contributed by atoms with E-state index in [9.17, 15) is 19.2 Å². The van der Waals surface area contributed by atoms with Crippen LogP contribution < -0.4 is 18.9 Å². The Kier molecular flexibility index (Phi) is 11.5. The van der Waals surface area contributed by atoms with Crippen molar-refractivity contribution in [2.45, 2.75) is 0 Å². The van der Waals surface area contributed by atoms with E-state index in [1.165, 1.54) is 64.8 Å². The zero-order valence-electron chi connectivity index (χ0n) is 23.5. The van der Waals surface area contributed by atoms with Crippen LogP contribution in [-0.2, 0) is 18.9 Å². The van der Waals surface area contributed by atoms with Gasteiger partial charge in [0.2, 0.25) is 0 Å². The van der Waals surface area contributed by atoms with Crippen molar-refractivity contribution >= 4 is 23.9 Å². The lowest BCUT2D eigenvalue weighted by Gasteiger charge is -2.13. The summed E-state index contributed by atoms with van der Waals surface area (Å²) in [5, 5.41) is 0. The van der Waals surface area contributed by atoms with Gasteiger partial charge in [0.25, 0.3) is 0 Å². The molecule has 3 aromatic rings. The van der Waals surface area contributed by atoms with Crippen LogP contribution in [0.2, 0.25) is 0 Å². The van der Waals surface area contributed by atoms with Crippen LogP contribution in [0.3, 0.4) is 0 Å². The molecule has 0 spiro atoms. The highest BCUT2D eigenvalue weighted by atomic mass is 16.5. The van der Waals surface area contributed by atoms with Crippen LogP contribution in [-0.4, -0.2) is 78.7 Å². The van der Waals surface area contributed by atoms with Crippen LogP contribution in [0.1, 0.15) is 41.4 Å². The second kappa shape index (κ2) is 15.5. The van der Waals surface area contributed by atoms with Gasteiger partial charge in [0, 0.05) is 0 Å². The van der Waals surface area contributed by atoms with Crippen LogP contribution in [0, 0.1) is 0 Å². The highest BCUT2D eigenvalue weighted by Gasteiger charge is 2.18. The molecule has 0 aromatic heterocycles.